The lowest BCUT2D eigenvalue weighted by atomic mass is 9.78. The maximum Gasteiger partial charge on any atom is 0.405 e. The number of hydrogen-bond donors (Lipinski definition) is 0. The summed E-state index contributed by atoms with van der Waals surface area (Å²) in [6.45, 7) is 9.49. The summed E-state index contributed by atoms with van der Waals surface area (Å²) in [6, 6.07) is 41.0. The molecule has 1 unspecified atom stereocenters. The molecule has 0 N–H and O–H groups in total. The molecule has 0 saturated heterocycles. The highest BCUT2D eigenvalue weighted by Crippen LogP contribution is 2.69. The fraction of sp³-hybridized carbons (Fsp3) is 0.302. The van der Waals surface area contributed by atoms with Crippen LogP contribution in [0.25, 0.3) is 22.2 Å². The van der Waals surface area contributed by atoms with Gasteiger partial charge in [-0.1, -0.05) is 108 Å². The third-order valence-electron chi connectivity index (χ3n) is 8.87. The lowest BCUT2D eigenvalue weighted by Gasteiger charge is -2.36. The van der Waals surface area contributed by atoms with Crippen LogP contribution in [0.1, 0.15) is 63.8 Å². The summed E-state index contributed by atoms with van der Waals surface area (Å²) >= 11 is 1.71. The fourth-order valence-electron chi connectivity index (χ4n) is 6.58. The molecular weight excluding hydrogens is 708 g/mol. The average Bonchev–Trinajstić information content (AvgIpc) is 3.56. The van der Waals surface area contributed by atoms with Crippen molar-refractivity contribution >= 4 is 30.4 Å². The van der Waals surface area contributed by atoms with E-state index in [9.17, 15) is 4.57 Å². The topological polar surface area (TPSA) is 66.2 Å². The van der Waals surface area contributed by atoms with Crippen LogP contribution >= 0.6 is 19.4 Å². The van der Waals surface area contributed by atoms with Gasteiger partial charge < -0.3 is 0 Å². The summed E-state index contributed by atoms with van der Waals surface area (Å²) in [5.74, 6) is 0. The summed E-state index contributed by atoms with van der Waals surface area (Å²) in [6.07, 6.45) is 2.99. The van der Waals surface area contributed by atoms with Crippen molar-refractivity contribution in [2.24, 2.45) is 0 Å². The number of thioether (sulfide) groups is 1. The minimum atomic E-state index is -4.99. The van der Waals surface area contributed by atoms with Gasteiger partial charge in [0.15, 0.2) is 0 Å². The van der Waals surface area contributed by atoms with Crippen LogP contribution in [-0.4, -0.2) is 32.5 Å². The van der Waals surface area contributed by atoms with E-state index < -0.39 is 35.6 Å². The van der Waals surface area contributed by atoms with Crippen molar-refractivity contribution < 1.29 is 22.4 Å². The van der Waals surface area contributed by atoms with Gasteiger partial charge in [0.1, 0.15) is 5.52 Å². The Balaban J connectivity index is 1.43. The lowest BCUT2D eigenvalue weighted by Crippen LogP contribution is -2.40. The first kappa shape index (κ1) is 38.6. The number of benzene rings is 5. The molecule has 1 heterocycles. The molecule has 6 nitrogen and oxygen atoms in total. The number of fused-ring (bicyclic) bond motifs is 1. The Morgan fingerprint density at radius 3 is 1.66 bits per heavy atom. The van der Waals surface area contributed by atoms with Gasteiger partial charge in [0.2, 0.25) is 0 Å². The zero-order chi connectivity index (χ0) is 38.1. The molecule has 5 aromatic carbocycles. The highest BCUT2D eigenvalue weighted by Gasteiger charge is 2.58. The van der Waals surface area contributed by atoms with Crippen molar-refractivity contribution in [3.8, 4) is 11.1 Å². The zero-order valence-electron chi connectivity index (χ0n) is 31.2. The number of aromatic nitrogens is 3. The molecule has 53 heavy (non-hydrogen) atoms. The van der Waals surface area contributed by atoms with Crippen molar-refractivity contribution in [3.05, 3.63) is 150 Å². The molecule has 6 aromatic rings. The molecule has 0 aliphatic rings. The predicted molar refractivity (Wildman–Crippen MR) is 212 cm³/mol. The zero-order valence-corrected chi connectivity index (χ0v) is 32.9. The monoisotopic (exact) mass is 753 g/mol. The summed E-state index contributed by atoms with van der Waals surface area (Å²) in [5, 5.41) is 9.30. The third kappa shape index (κ3) is 8.49. The minimum absolute atomic E-state index is 0.392. The molecule has 6 rings (SSSR count). The van der Waals surface area contributed by atoms with Gasteiger partial charge in [-0.2, -0.15) is 8.78 Å². The Bertz CT molecular complexity index is 2180. The molecule has 0 aliphatic heterocycles. The van der Waals surface area contributed by atoms with Crippen molar-refractivity contribution in [3.63, 3.8) is 0 Å². The molecule has 1 atom stereocenters. The maximum absolute atomic E-state index is 16.3. The minimum Gasteiger partial charge on any atom is -0.298 e. The van der Waals surface area contributed by atoms with Gasteiger partial charge in [-0.3, -0.25) is 13.6 Å². The number of para-hydroxylation sites is 1. The first-order valence-electron chi connectivity index (χ1n) is 17.6. The van der Waals surface area contributed by atoms with Gasteiger partial charge in [-0.05, 0) is 99.9 Å². The number of halogens is 2. The van der Waals surface area contributed by atoms with Gasteiger partial charge in [0, 0.05) is 23.3 Å². The first-order valence-corrected chi connectivity index (χ1v) is 20.4. The van der Waals surface area contributed by atoms with Crippen LogP contribution in [0.2, 0.25) is 0 Å². The normalized spacial score (nSPS) is 14.0. The van der Waals surface area contributed by atoms with E-state index in [2.05, 4.69) is 72.0 Å². The third-order valence-corrected chi connectivity index (χ3v) is 12.1. The summed E-state index contributed by atoms with van der Waals surface area (Å²) in [4.78, 5) is 1.21. The number of hydrogen-bond acceptors (Lipinski definition) is 6. The highest BCUT2D eigenvalue weighted by atomic mass is 32.2. The van der Waals surface area contributed by atoms with E-state index in [1.165, 1.54) is 17.0 Å². The van der Waals surface area contributed by atoms with Crippen LogP contribution < -0.4 is 0 Å². The average molecular weight is 754 g/mol. The highest BCUT2D eigenvalue weighted by molar-refractivity contribution is 7.98. The summed E-state index contributed by atoms with van der Waals surface area (Å²) in [5.41, 5.74) is -0.781. The Hall–Kier alpha value is -4.14. The lowest BCUT2D eigenvalue weighted by molar-refractivity contribution is -0.0213. The quantitative estimate of drug-likeness (QED) is 0.0916. The summed E-state index contributed by atoms with van der Waals surface area (Å²) < 4.78 is 59.7. The standard InChI is InChI=1S/C43H46F2N3O3PS/c1-40(2,3)50-52(49,51-41(4,5)6)43(44,45)36-25-19-32(20-26-36)30-42(35-13-9-8-10-14-35,48-39-16-12-11-15-38(39)46-47-48)29-31-17-21-33(22-18-31)34-23-27-37(53-7)28-24-34/h8-28H,29-30H2,1-7H3. The second-order valence-corrected chi connectivity index (χ2v) is 18.1. The van der Waals surface area contributed by atoms with E-state index >= 15 is 8.78 Å². The van der Waals surface area contributed by atoms with Crippen LogP contribution in [0, 0.1) is 0 Å². The maximum atomic E-state index is 16.3. The molecule has 0 bridgehead atoms. The van der Waals surface area contributed by atoms with Crippen molar-refractivity contribution in [1.82, 2.24) is 15.0 Å². The van der Waals surface area contributed by atoms with E-state index in [1.807, 2.05) is 47.1 Å². The van der Waals surface area contributed by atoms with Gasteiger partial charge in [-0.15, -0.1) is 16.9 Å². The second kappa shape index (κ2) is 14.9. The van der Waals surface area contributed by atoms with Crippen LogP contribution in [0.15, 0.2) is 132 Å². The van der Waals surface area contributed by atoms with Crippen molar-refractivity contribution in [2.45, 2.75) is 81.7 Å². The van der Waals surface area contributed by atoms with Crippen molar-refractivity contribution in [1.29, 1.82) is 0 Å². The molecule has 276 valence electrons. The molecule has 0 saturated carbocycles. The van der Waals surface area contributed by atoms with Gasteiger partial charge in [0.05, 0.1) is 22.3 Å². The van der Waals surface area contributed by atoms with Crippen LogP contribution in [-0.2, 0) is 37.7 Å². The molecule has 0 spiro atoms. The van der Waals surface area contributed by atoms with Gasteiger partial charge in [-0.25, -0.2) is 4.68 Å². The predicted octanol–water partition coefficient (Wildman–Crippen LogP) is 11.9. The fourth-order valence-corrected chi connectivity index (χ4v) is 9.16. The van der Waals surface area contributed by atoms with Crippen molar-refractivity contribution in [2.75, 3.05) is 6.26 Å². The van der Waals surface area contributed by atoms with Gasteiger partial charge in [0.25, 0.3) is 0 Å². The molecule has 1 aromatic heterocycles. The van der Waals surface area contributed by atoms with Crippen LogP contribution in [0.5, 0.6) is 0 Å². The number of rotatable bonds is 12. The van der Waals surface area contributed by atoms with E-state index in [1.54, 1.807) is 65.4 Å². The first-order chi connectivity index (χ1) is 25.0. The second-order valence-electron chi connectivity index (χ2n) is 15.3. The Morgan fingerprint density at radius 2 is 1.13 bits per heavy atom. The molecule has 0 amide bonds. The molecule has 10 heteroatoms. The molecule has 0 fully saturated rings. The molecular formula is C43H46F2N3O3PS. The SMILES string of the molecule is CSc1ccc(-c2ccc(CC(Cc3ccc(C(F)(F)P(=O)(OC(C)(C)C)OC(C)(C)C)cc3)(c3ccccc3)n3nnc4ccccc43)cc2)cc1. The van der Waals surface area contributed by atoms with E-state index in [-0.39, 0.29) is 0 Å². The largest absolute Gasteiger partial charge is 0.405 e. The Labute approximate surface area is 315 Å². The number of nitrogens with zero attached hydrogens (tertiary/aromatic N) is 3. The number of alkyl halides is 2. The Kier molecular flexibility index (Phi) is 10.9. The van der Waals surface area contributed by atoms with E-state index in [4.69, 9.17) is 14.3 Å². The van der Waals surface area contributed by atoms with E-state index in [0.29, 0.717) is 12.8 Å². The van der Waals surface area contributed by atoms with Crippen LogP contribution in [0.4, 0.5) is 8.78 Å². The summed E-state index contributed by atoms with van der Waals surface area (Å²) in [7, 11) is -4.99. The van der Waals surface area contributed by atoms with E-state index in [0.717, 1.165) is 38.9 Å². The Morgan fingerprint density at radius 1 is 0.642 bits per heavy atom. The van der Waals surface area contributed by atoms with Crippen LogP contribution in [0.3, 0.4) is 0 Å². The molecule has 0 radical (unpaired) electrons. The smallest absolute Gasteiger partial charge is 0.298 e. The molecule has 0 aliphatic carbocycles. The van der Waals surface area contributed by atoms with Gasteiger partial charge >= 0.3 is 13.3 Å².